The molecule has 0 spiro atoms. The van der Waals surface area contributed by atoms with E-state index in [1.807, 2.05) is 0 Å². The predicted octanol–water partition coefficient (Wildman–Crippen LogP) is 3.12. The lowest BCUT2D eigenvalue weighted by Gasteiger charge is -2.31. The molecule has 8 nitrogen and oxygen atoms in total. The molecule has 2 heterocycles. The summed E-state index contributed by atoms with van der Waals surface area (Å²) in [5.41, 5.74) is 3.75. The van der Waals surface area contributed by atoms with Crippen LogP contribution < -0.4 is 11.1 Å². The minimum Gasteiger partial charge on any atom is -0.364 e. The van der Waals surface area contributed by atoms with Crippen molar-refractivity contribution in [2.75, 3.05) is 13.3 Å². The van der Waals surface area contributed by atoms with Crippen LogP contribution in [0.15, 0.2) is 12.1 Å². The summed E-state index contributed by atoms with van der Waals surface area (Å²) < 4.78 is 87.8. The number of ether oxygens (including phenoxy) is 1. The van der Waals surface area contributed by atoms with Crippen molar-refractivity contribution in [2.24, 2.45) is 5.73 Å². The average molecular weight is 535 g/mol. The standard InChI is InChI=1S/C23H27F6N5O3/c1-22(2,3)37-11-31-13(6-12-7-15(25)16(26)9-14(12)24)8-18(35)33-4-5-34-17(10-33)19(20(30)36)32-21(34)23(27,28)29/h7,9,13,31H,4-6,8,10-11H2,1-3H3,(H2,30,36)/t13-/m1/s1. The van der Waals surface area contributed by atoms with E-state index in [2.05, 4.69) is 10.3 Å². The van der Waals surface area contributed by atoms with Crippen molar-refractivity contribution in [2.45, 2.75) is 64.5 Å². The SMILES string of the molecule is CC(C)(C)OCN[C@@H](CC(=O)N1CCn2c(C(F)(F)F)nc(C(N)=O)c2C1)Cc1cc(F)c(F)cc1F. The highest BCUT2D eigenvalue weighted by atomic mass is 19.4. The van der Waals surface area contributed by atoms with Gasteiger partial charge in [-0.15, -0.1) is 0 Å². The number of hydrogen-bond acceptors (Lipinski definition) is 5. The van der Waals surface area contributed by atoms with Gasteiger partial charge in [0.05, 0.1) is 24.6 Å². The predicted molar refractivity (Wildman–Crippen MR) is 118 cm³/mol. The Kier molecular flexibility index (Phi) is 8.22. The molecular formula is C23H27F6N5O3. The topological polar surface area (TPSA) is 102 Å². The summed E-state index contributed by atoms with van der Waals surface area (Å²) >= 11 is 0. The first-order valence-electron chi connectivity index (χ1n) is 11.3. The van der Waals surface area contributed by atoms with E-state index in [9.17, 15) is 35.9 Å². The summed E-state index contributed by atoms with van der Waals surface area (Å²) in [5.74, 6) is -6.59. The lowest BCUT2D eigenvalue weighted by Crippen LogP contribution is -2.44. The van der Waals surface area contributed by atoms with Crippen LogP contribution in [0.4, 0.5) is 26.3 Å². The zero-order chi connectivity index (χ0) is 27.7. The second kappa shape index (κ2) is 10.7. The monoisotopic (exact) mass is 535 g/mol. The largest absolute Gasteiger partial charge is 0.449 e. The highest BCUT2D eigenvalue weighted by Gasteiger charge is 2.41. The van der Waals surface area contributed by atoms with E-state index in [0.717, 1.165) is 4.57 Å². The number of carbonyl (C=O) groups is 2. The van der Waals surface area contributed by atoms with Gasteiger partial charge in [0, 0.05) is 31.6 Å². The molecule has 14 heteroatoms. The van der Waals surface area contributed by atoms with Crippen molar-refractivity contribution in [1.82, 2.24) is 19.8 Å². The van der Waals surface area contributed by atoms with Crippen molar-refractivity contribution in [3.05, 3.63) is 52.4 Å². The molecule has 0 saturated carbocycles. The fraction of sp³-hybridized carbons (Fsp3) is 0.522. The Morgan fingerprint density at radius 2 is 1.76 bits per heavy atom. The van der Waals surface area contributed by atoms with Crippen LogP contribution in [0.5, 0.6) is 0 Å². The van der Waals surface area contributed by atoms with Gasteiger partial charge in [0.15, 0.2) is 17.3 Å². The summed E-state index contributed by atoms with van der Waals surface area (Å²) in [4.78, 5) is 29.4. The summed E-state index contributed by atoms with van der Waals surface area (Å²) in [7, 11) is 0. The third-order valence-electron chi connectivity index (χ3n) is 5.70. The van der Waals surface area contributed by atoms with Crippen LogP contribution in [0, 0.1) is 17.5 Å². The van der Waals surface area contributed by atoms with E-state index in [-0.39, 0.29) is 50.5 Å². The molecule has 1 aromatic heterocycles. The van der Waals surface area contributed by atoms with Gasteiger partial charge in [-0.1, -0.05) is 0 Å². The zero-order valence-electron chi connectivity index (χ0n) is 20.4. The Labute approximate surface area is 208 Å². The van der Waals surface area contributed by atoms with Crippen LogP contribution in [0.2, 0.25) is 0 Å². The number of carbonyl (C=O) groups excluding carboxylic acids is 2. The van der Waals surface area contributed by atoms with Gasteiger partial charge in [-0.05, 0) is 38.8 Å². The number of benzene rings is 1. The Bertz CT molecular complexity index is 1180. The second-order valence-corrected chi connectivity index (χ2v) is 9.63. The number of aromatic nitrogens is 2. The first-order chi connectivity index (χ1) is 17.1. The van der Waals surface area contributed by atoms with E-state index in [1.165, 1.54) is 4.90 Å². The van der Waals surface area contributed by atoms with Crippen molar-refractivity contribution < 1.29 is 40.7 Å². The van der Waals surface area contributed by atoms with Gasteiger partial charge >= 0.3 is 6.18 Å². The van der Waals surface area contributed by atoms with E-state index in [1.54, 1.807) is 20.8 Å². The summed E-state index contributed by atoms with van der Waals surface area (Å²) in [6.45, 7) is 4.55. The average Bonchev–Trinajstić information content (AvgIpc) is 3.16. The first-order valence-corrected chi connectivity index (χ1v) is 11.3. The molecule has 2 amide bonds. The molecular weight excluding hydrogens is 508 g/mol. The fourth-order valence-electron chi connectivity index (χ4n) is 3.91. The molecule has 204 valence electrons. The molecule has 3 N–H and O–H groups in total. The van der Waals surface area contributed by atoms with Crippen LogP contribution in [0.1, 0.15) is 54.8 Å². The summed E-state index contributed by atoms with van der Waals surface area (Å²) in [6.07, 6.45) is -5.32. The van der Waals surface area contributed by atoms with Crippen LogP contribution in [0.3, 0.4) is 0 Å². The molecule has 1 aliphatic rings. The summed E-state index contributed by atoms with van der Waals surface area (Å²) in [5, 5.41) is 2.94. The van der Waals surface area contributed by atoms with Gasteiger partial charge in [0.25, 0.3) is 5.91 Å². The number of hydrogen-bond donors (Lipinski definition) is 2. The number of nitrogens with one attached hydrogen (secondary N) is 1. The summed E-state index contributed by atoms with van der Waals surface area (Å²) in [6, 6.07) is 0.304. The molecule has 1 aromatic carbocycles. The third kappa shape index (κ3) is 7.01. The Morgan fingerprint density at radius 1 is 1.11 bits per heavy atom. The molecule has 0 fully saturated rings. The van der Waals surface area contributed by atoms with Crippen LogP contribution in [-0.2, 0) is 35.2 Å². The second-order valence-electron chi connectivity index (χ2n) is 9.63. The minimum absolute atomic E-state index is 0.0553. The molecule has 37 heavy (non-hydrogen) atoms. The van der Waals surface area contributed by atoms with Crippen molar-refractivity contribution in [3.63, 3.8) is 0 Å². The van der Waals surface area contributed by atoms with E-state index < -0.39 is 58.6 Å². The first kappa shape index (κ1) is 28.4. The fourth-order valence-corrected chi connectivity index (χ4v) is 3.91. The van der Waals surface area contributed by atoms with Crippen LogP contribution in [0.25, 0.3) is 0 Å². The molecule has 3 rings (SSSR count). The number of fused-ring (bicyclic) bond motifs is 1. The number of rotatable bonds is 8. The van der Waals surface area contributed by atoms with E-state index in [0.29, 0.717) is 12.1 Å². The molecule has 0 bridgehead atoms. The molecule has 1 atom stereocenters. The molecule has 2 aromatic rings. The van der Waals surface area contributed by atoms with Gasteiger partial charge in [-0.2, -0.15) is 13.2 Å². The molecule has 0 unspecified atom stereocenters. The quantitative estimate of drug-likeness (QED) is 0.307. The van der Waals surface area contributed by atoms with Gasteiger partial charge < -0.3 is 19.9 Å². The van der Waals surface area contributed by atoms with E-state index in [4.69, 9.17) is 10.5 Å². The number of nitrogens with two attached hydrogens (primary N) is 1. The van der Waals surface area contributed by atoms with Gasteiger partial charge in [0.2, 0.25) is 11.7 Å². The number of primary amides is 1. The molecule has 0 aliphatic carbocycles. The Balaban J connectivity index is 1.80. The zero-order valence-corrected chi connectivity index (χ0v) is 20.4. The smallest absolute Gasteiger partial charge is 0.364 e. The van der Waals surface area contributed by atoms with Crippen LogP contribution >= 0.6 is 0 Å². The van der Waals surface area contributed by atoms with Crippen molar-refractivity contribution in [3.8, 4) is 0 Å². The van der Waals surface area contributed by atoms with Crippen LogP contribution in [-0.4, -0.2) is 51.2 Å². The van der Waals surface area contributed by atoms with E-state index >= 15 is 0 Å². The maximum atomic E-state index is 14.3. The van der Waals surface area contributed by atoms with Gasteiger partial charge in [-0.25, -0.2) is 18.2 Å². The maximum absolute atomic E-state index is 14.3. The number of nitrogens with zero attached hydrogens (tertiary/aromatic N) is 3. The van der Waals surface area contributed by atoms with Gasteiger partial charge in [-0.3, -0.25) is 14.9 Å². The maximum Gasteiger partial charge on any atom is 0.449 e. The van der Waals surface area contributed by atoms with Crippen molar-refractivity contribution >= 4 is 11.8 Å². The Morgan fingerprint density at radius 3 is 2.35 bits per heavy atom. The number of halogens is 6. The number of imidazole rings is 1. The highest BCUT2D eigenvalue weighted by molar-refractivity contribution is 5.92. The molecule has 1 aliphatic heterocycles. The highest BCUT2D eigenvalue weighted by Crippen LogP contribution is 2.32. The minimum atomic E-state index is -4.83. The number of alkyl halides is 3. The lowest BCUT2D eigenvalue weighted by molar-refractivity contribution is -0.148. The normalized spacial score (nSPS) is 15.0. The number of amides is 2. The van der Waals surface area contributed by atoms with Gasteiger partial charge in [0.1, 0.15) is 5.82 Å². The molecule has 0 radical (unpaired) electrons. The third-order valence-corrected chi connectivity index (χ3v) is 5.70. The Hall–Kier alpha value is -3.13. The molecule has 0 saturated heterocycles. The lowest BCUT2D eigenvalue weighted by atomic mass is 10.0. The van der Waals surface area contributed by atoms with Crippen molar-refractivity contribution in [1.29, 1.82) is 0 Å².